The van der Waals surface area contributed by atoms with Gasteiger partial charge in [-0.15, -0.1) is 6.58 Å². The Morgan fingerprint density at radius 2 is 1.78 bits per heavy atom. The van der Waals surface area contributed by atoms with E-state index in [-0.39, 0.29) is 17.4 Å². The van der Waals surface area contributed by atoms with E-state index in [4.69, 9.17) is 4.74 Å². The predicted molar refractivity (Wildman–Crippen MR) is 107 cm³/mol. The van der Waals surface area contributed by atoms with Crippen LogP contribution in [0.2, 0.25) is 0 Å². The van der Waals surface area contributed by atoms with Gasteiger partial charge in [0.15, 0.2) is 6.61 Å². The molecular formula is C20H24N2O4S. The number of rotatable bonds is 9. The number of ether oxygens (including phenoxy) is 1. The van der Waals surface area contributed by atoms with Crippen LogP contribution in [-0.4, -0.2) is 34.0 Å². The number of hydrogen-bond acceptors (Lipinski definition) is 4. The molecule has 6 nitrogen and oxygen atoms in total. The molecule has 0 heterocycles. The van der Waals surface area contributed by atoms with Gasteiger partial charge >= 0.3 is 0 Å². The summed E-state index contributed by atoms with van der Waals surface area (Å²) in [5.74, 6) is 0.229. The lowest BCUT2D eigenvalue weighted by molar-refractivity contribution is -0.122. The van der Waals surface area contributed by atoms with Crippen LogP contribution in [0.4, 0.5) is 5.69 Å². The van der Waals surface area contributed by atoms with Crippen molar-refractivity contribution in [1.29, 1.82) is 0 Å². The first kappa shape index (κ1) is 20.5. The monoisotopic (exact) mass is 388 g/mol. The fourth-order valence-electron chi connectivity index (χ4n) is 2.42. The van der Waals surface area contributed by atoms with E-state index in [1.165, 1.54) is 4.31 Å². The van der Waals surface area contributed by atoms with E-state index >= 15 is 0 Å². The Morgan fingerprint density at radius 3 is 2.33 bits per heavy atom. The average Bonchev–Trinajstić information content (AvgIpc) is 2.66. The summed E-state index contributed by atoms with van der Waals surface area (Å²) in [5.41, 5.74) is 1.53. The molecule has 144 valence electrons. The number of carbonyl (C=O) groups is 1. The molecule has 0 radical (unpaired) electrons. The quantitative estimate of drug-likeness (QED) is 0.670. The summed E-state index contributed by atoms with van der Waals surface area (Å²) < 4.78 is 32.6. The molecule has 7 heteroatoms. The van der Waals surface area contributed by atoms with Crippen LogP contribution < -0.4 is 14.4 Å². The highest BCUT2D eigenvalue weighted by Crippen LogP contribution is 2.25. The van der Waals surface area contributed by atoms with Crippen molar-refractivity contribution in [2.45, 2.75) is 18.7 Å². The fourth-order valence-corrected chi connectivity index (χ4v) is 3.90. The Kier molecular flexibility index (Phi) is 7.01. The number of sulfonamides is 1. The minimum atomic E-state index is -3.65. The van der Waals surface area contributed by atoms with Crippen molar-refractivity contribution in [3.8, 4) is 5.75 Å². The van der Waals surface area contributed by atoms with E-state index in [0.717, 1.165) is 5.56 Å². The zero-order valence-corrected chi connectivity index (χ0v) is 16.3. The number of anilines is 1. The third-order valence-corrected chi connectivity index (χ3v) is 5.75. The minimum absolute atomic E-state index is 0.119. The van der Waals surface area contributed by atoms with Crippen molar-refractivity contribution < 1.29 is 17.9 Å². The number of nitrogens with one attached hydrogen (secondary N) is 1. The topological polar surface area (TPSA) is 75.7 Å². The van der Waals surface area contributed by atoms with Gasteiger partial charge in [-0.25, -0.2) is 8.42 Å². The van der Waals surface area contributed by atoms with Crippen LogP contribution in [0.15, 0.2) is 66.1 Å². The zero-order valence-electron chi connectivity index (χ0n) is 15.5. The van der Waals surface area contributed by atoms with Gasteiger partial charge in [0, 0.05) is 13.1 Å². The van der Waals surface area contributed by atoms with Crippen molar-refractivity contribution >= 4 is 21.6 Å². The summed E-state index contributed by atoms with van der Waals surface area (Å²) in [7, 11) is -3.65. The molecule has 0 aliphatic rings. The van der Waals surface area contributed by atoms with Gasteiger partial charge in [-0.1, -0.05) is 23.8 Å². The van der Waals surface area contributed by atoms with Crippen LogP contribution in [0, 0.1) is 6.92 Å². The maximum absolute atomic E-state index is 12.9. The van der Waals surface area contributed by atoms with E-state index in [1.54, 1.807) is 61.5 Å². The SMILES string of the molecule is C=CCNC(=O)COc1ccc(N(CC)S(=O)(=O)c2ccc(C)cc2)cc1. The third kappa shape index (κ3) is 5.34. The van der Waals surface area contributed by atoms with Crippen molar-refractivity contribution in [1.82, 2.24) is 5.32 Å². The number of hydrogen-bond donors (Lipinski definition) is 1. The molecule has 2 aromatic carbocycles. The highest BCUT2D eigenvalue weighted by Gasteiger charge is 2.23. The van der Waals surface area contributed by atoms with Crippen LogP contribution in [0.25, 0.3) is 0 Å². The Bertz CT molecular complexity index is 875. The summed E-state index contributed by atoms with van der Waals surface area (Å²) >= 11 is 0. The van der Waals surface area contributed by atoms with E-state index in [1.807, 2.05) is 6.92 Å². The Labute approximate surface area is 160 Å². The molecule has 0 fully saturated rings. The second kappa shape index (κ2) is 9.23. The molecule has 0 unspecified atom stereocenters. The molecule has 0 saturated carbocycles. The Morgan fingerprint density at radius 1 is 1.15 bits per heavy atom. The van der Waals surface area contributed by atoms with Crippen LogP contribution in [-0.2, 0) is 14.8 Å². The molecule has 2 rings (SSSR count). The first-order valence-electron chi connectivity index (χ1n) is 8.58. The van der Waals surface area contributed by atoms with E-state index < -0.39 is 10.0 Å². The molecular weight excluding hydrogens is 364 g/mol. The first-order chi connectivity index (χ1) is 12.9. The highest BCUT2D eigenvalue weighted by molar-refractivity contribution is 7.92. The standard InChI is InChI=1S/C20H24N2O4S/c1-4-14-21-20(23)15-26-18-10-8-17(9-11-18)22(5-2)27(24,25)19-12-6-16(3)7-13-19/h4,6-13H,1,5,14-15H2,2-3H3,(H,21,23). The average molecular weight is 388 g/mol. The molecule has 0 aromatic heterocycles. The largest absolute Gasteiger partial charge is 0.484 e. The zero-order chi connectivity index (χ0) is 19.9. The first-order valence-corrected chi connectivity index (χ1v) is 10.0. The normalized spacial score (nSPS) is 10.9. The second-order valence-corrected chi connectivity index (χ2v) is 7.72. The number of carbonyl (C=O) groups excluding carboxylic acids is 1. The maximum atomic E-state index is 12.9. The number of benzene rings is 2. The van der Waals surface area contributed by atoms with Crippen molar-refractivity contribution in [2.75, 3.05) is 24.0 Å². The summed E-state index contributed by atoms with van der Waals surface area (Å²) in [6.07, 6.45) is 1.58. The van der Waals surface area contributed by atoms with Gasteiger partial charge < -0.3 is 10.1 Å². The fraction of sp³-hybridized carbons (Fsp3) is 0.250. The van der Waals surface area contributed by atoms with Gasteiger partial charge in [-0.2, -0.15) is 0 Å². The highest BCUT2D eigenvalue weighted by atomic mass is 32.2. The van der Waals surface area contributed by atoms with E-state index in [0.29, 0.717) is 24.5 Å². The molecule has 1 N–H and O–H groups in total. The van der Waals surface area contributed by atoms with Crippen LogP contribution in [0.3, 0.4) is 0 Å². The van der Waals surface area contributed by atoms with E-state index in [9.17, 15) is 13.2 Å². The summed E-state index contributed by atoms with van der Waals surface area (Å²) in [6, 6.07) is 13.4. The molecule has 2 aromatic rings. The van der Waals surface area contributed by atoms with Gasteiger partial charge in [0.2, 0.25) is 0 Å². The summed E-state index contributed by atoms with van der Waals surface area (Å²) in [4.78, 5) is 11.8. The van der Waals surface area contributed by atoms with Crippen LogP contribution >= 0.6 is 0 Å². The van der Waals surface area contributed by atoms with Gasteiger partial charge in [-0.3, -0.25) is 9.10 Å². The van der Waals surface area contributed by atoms with E-state index in [2.05, 4.69) is 11.9 Å². The molecule has 27 heavy (non-hydrogen) atoms. The molecule has 1 amide bonds. The summed E-state index contributed by atoms with van der Waals surface area (Å²) in [5, 5.41) is 2.61. The molecule has 0 aliphatic carbocycles. The van der Waals surface area contributed by atoms with Gasteiger partial charge in [0.05, 0.1) is 10.6 Å². The van der Waals surface area contributed by atoms with Gasteiger partial charge in [0.1, 0.15) is 5.75 Å². The molecule has 0 atom stereocenters. The molecule has 0 saturated heterocycles. The van der Waals surface area contributed by atoms with Crippen molar-refractivity contribution in [3.05, 3.63) is 66.7 Å². The lowest BCUT2D eigenvalue weighted by Gasteiger charge is -2.23. The predicted octanol–water partition coefficient (Wildman–Crippen LogP) is 2.89. The maximum Gasteiger partial charge on any atom is 0.264 e. The minimum Gasteiger partial charge on any atom is -0.484 e. The molecule has 0 bridgehead atoms. The third-order valence-electron chi connectivity index (χ3n) is 3.83. The van der Waals surface area contributed by atoms with Gasteiger partial charge in [-0.05, 0) is 50.2 Å². The second-order valence-electron chi connectivity index (χ2n) is 5.86. The van der Waals surface area contributed by atoms with Crippen LogP contribution in [0.1, 0.15) is 12.5 Å². The smallest absolute Gasteiger partial charge is 0.264 e. The van der Waals surface area contributed by atoms with Crippen LogP contribution in [0.5, 0.6) is 5.75 Å². The number of aryl methyl sites for hydroxylation is 1. The lowest BCUT2D eigenvalue weighted by atomic mass is 10.2. The Balaban J connectivity index is 2.12. The number of nitrogens with zero attached hydrogens (tertiary/aromatic N) is 1. The lowest BCUT2D eigenvalue weighted by Crippen LogP contribution is -2.30. The Hall–Kier alpha value is -2.80. The molecule has 0 spiro atoms. The van der Waals surface area contributed by atoms with Crippen molar-refractivity contribution in [3.63, 3.8) is 0 Å². The molecule has 0 aliphatic heterocycles. The summed E-state index contributed by atoms with van der Waals surface area (Å²) in [6.45, 7) is 7.76. The number of amides is 1. The van der Waals surface area contributed by atoms with Gasteiger partial charge in [0.25, 0.3) is 15.9 Å². The van der Waals surface area contributed by atoms with Crippen molar-refractivity contribution in [2.24, 2.45) is 0 Å².